The molecule has 0 bridgehead atoms. The molecule has 1 rings (SSSR count). The number of aliphatic hydroxyl groups is 2. The third-order valence-corrected chi connectivity index (χ3v) is 2.34. The molecule has 1 aliphatic carbocycles. The fourth-order valence-corrected chi connectivity index (χ4v) is 1.49. The predicted molar refractivity (Wildman–Crippen MR) is 46.4 cm³/mol. The third kappa shape index (κ3) is 2.80. The molecule has 1 aliphatic rings. The Bertz CT molecular complexity index is 79.6. The van der Waals surface area contributed by atoms with Crippen LogP contribution in [0.5, 0.6) is 0 Å². The summed E-state index contributed by atoms with van der Waals surface area (Å²) in [5, 5.41) is 17.7. The maximum atomic E-state index is 8.86. The maximum absolute atomic E-state index is 8.86. The molecule has 0 radical (unpaired) electrons. The Morgan fingerprint density at radius 3 is 1.55 bits per heavy atom. The molecule has 0 saturated heterocycles. The average molecular weight is 160 g/mol. The van der Waals surface area contributed by atoms with E-state index in [2.05, 4.69) is 0 Å². The molecule has 0 spiro atoms. The Kier molecular flexibility index (Phi) is 5.51. The summed E-state index contributed by atoms with van der Waals surface area (Å²) in [7, 11) is 0. The standard InChI is InChI=1S/C7H14O2.C2H6/c8-5-7(6-9)3-1-2-4-7;1-2/h8-9H,1-6H2;1-2H3. The van der Waals surface area contributed by atoms with E-state index < -0.39 is 0 Å². The molecule has 11 heavy (non-hydrogen) atoms. The second-order valence-electron chi connectivity index (χ2n) is 3.02. The molecule has 0 aromatic rings. The lowest BCUT2D eigenvalue weighted by atomic mass is 9.89. The lowest BCUT2D eigenvalue weighted by molar-refractivity contribution is 0.0606. The normalized spacial score (nSPS) is 20.7. The molecule has 0 aromatic carbocycles. The van der Waals surface area contributed by atoms with Gasteiger partial charge in [0.15, 0.2) is 0 Å². The highest BCUT2D eigenvalue weighted by Crippen LogP contribution is 2.36. The van der Waals surface area contributed by atoms with Crippen molar-refractivity contribution in [2.24, 2.45) is 5.41 Å². The highest BCUT2D eigenvalue weighted by molar-refractivity contribution is 4.82. The molecule has 1 fully saturated rings. The van der Waals surface area contributed by atoms with Gasteiger partial charge in [-0.05, 0) is 12.8 Å². The Morgan fingerprint density at radius 1 is 1.00 bits per heavy atom. The molecule has 2 N–H and O–H groups in total. The predicted octanol–water partition coefficient (Wildman–Crippen LogP) is 1.56. The molecule has 2 heteroatoms. The number of hydrogen-bond donors (Lipinski definition) is 2. The van der Waals surface area contributed by atoms with Gasteiger partial charge in [0.2, 0.25) is 0 Å². The van der Waals surface area contributed by atoms with Crippen LogP contribution in [-0.4, -0.2) is 23.4 Å². The maximum Gasteiger partial charge on any atom is 0.0509 e. The molecular formula is C9H20O2. The lowest BCUT2D eigenvalue weighted by Crippen LogP contribution is -2.25. The molecule has 0 atom stereocenters. The SMILES string of the molecule is CC.OCC1(CO)CCCC1. The van der Waals surface area contributed by atoms with Gasteiger partial charge in [-0.2, -0.15) is 0 Å². The van der Waals surface area contributed by atoms with E-state index in [4.69, 9.17) is 10.2 Å². The summed E-state index contributed by atoms with van der Waals surface area (Å²) in [4.78, 5) is 0. The zero-order chi connectivity index (χ0) is 8.74. The minimum absolute atomic E-state index is 0.111. The topological polar surface area (TPSA) is 40.5 Å². The van der Waals surface area contributed by atoms with Crippen LogP contribution in [0.25, 0.3) is 0 Å². The van der Waals surface area contributed by atoms with Gasteiger partial charge in [-0.1, -0.05) is 26.7 Å². The van der Waals surface area contributed by atoms with Crippen LogP contribution < -0.4 is 0 Å². The second kappa shape index (κ2) is 5.56. The van der Waals surface area contributed by atoms with Crippen molar-refractivity contribution < 1.29 is 10.2 Å². The van der Waals surface area contributed by atoms with Crippen molar-refractivity contribution in [3.05, 3.63) is 0 Å². The molecule has 0 aliphatic heterocycles. The Balaban J connectivity index is 0.000000461. The minimum Gasteiger partial charge on any atom is -0.396 e. The van der Waals surface area contributed by atoms with Crippen molar-refractivity contribution in [2.75, 3.05) is 13.2 Å². The molecule has 0 amide bonds. The summed E-state index contributed by atoms with van der Waals surface area (Å²) in [5.74, 6) is 0. The summed E-state index contributed by atoms with van der Waals surface area (Å²) >= 11 is 0. The first-order valence-corrected chi connectivity index (χ1v) is 4.55. The van der Waals surface area contributed by atoms with Gasteiger partial charge in [-0.3, -0.25) is 0 Å². The Morgan fingerprint density at radius 2 is 1.36 bits per heavy atom. The van der Waals surface area contributed by atoms with Crippen LogP contribution in [0.15, 0.2) is 0 Å². The monoisotopic (exact) mass is 160 g/mol. The van der Waals surface area contributed by atoms with Gasteiger partial charge >= 0.3 is 0 Å². The first kappa shape index (κ1) is 10.9. The van der Waals surface area contributed by atoms with Crippen molar-refractivity contribution >= 4 is 0 Å². The van der Waals surface area contributed by atoms with Crippen molar-refractivity contribution in [2.45, 2.75) is 39.5 Å². The Hall–Kier alpha value is -0.0800. The largest absolute Gasteiger partial charge is 0.396 e. The summed E-state index contributed by atoms with van der Waals surface area (Å²) in [6.07, 6.45) is 4.34. The van der Waals surface area contributed by atoms with Crippen LogP contribution in [0.2, 0.25) is 0 Å². The summed E-state index contributed by atoms with van der Waals surface area (Å²) in [5.41, 5.74) is -0.111. The molecule has 1 saturated carbocycles. The number of aliphatic hydroxyl groups excluding tert-OH is 2. The molecule has 0 unspecified atom stereocenters. The van der Waals surface area contributed by atoms with Crippen LogP contribution in [0.1, 0.15) is 39.5 Å². The highest BCUT2D eigenvalue weighted by Gasteiger charge is 2.31. The first-order chi connectivity index (χ1) is 5.33. The van der Waals surface area contributed by atoms with Gasteiger partial charge in [0.05, 0.1) is 13.2 Å². The Labute approximate surface area is 69.2 Å². The fourth-order valence-electron chi connectivity index (χ4n) is 1.49. The molecular weight excluding hydrogens is 140 g/mol. The second-order valence-corrected chi connectivity index (χ2v) is 3.02. The number of hydrogen-bond acceptors (Lipinski definition) is 2. The molecule has 68 valence electrons. The molecule has 2 nitrogen and oxygen atoms in total. The van der Waals surface area contributed by atoms with Gasteiger partial charge in [0, 0.05) is 5.41 Å². The van der Waals surface area contributed by atoms with E-state index in [1.54, 1.807) is 0 Å². The van der Waals surface area contributed by atoms with Crippen LogP contribution in [0.3, 0.4) is 0 Å². The van der Waals surface area contributed by atoms with E-state index in [1.807, 2.05) is 13.8 Å². The van der Waals surface area contributed by atoms with Crippen molar-refractivity contribution in [3.63, 3.8) is 0 Å². The summed E-state index contributed by atoms with van der Waals surface area (Å²) < 4.78 is 0. The van der Waals surface area contributed by atoms with Gasteiger partial charge in [-0.15, -0.1) is 0 Å². The van der Waals surface area contributed by atoms with Crippen LogP contribution in [0, 0.1) is 5.41 Å². The van der Waals surface area contributed by atoms with Crippen LogP contribution >= 0.6 is 0 Å². The van der Waals surface area contributed by atoms with Crippen molar-refractivity contribution in [1.82, 2.24) is 0 Å². The van der Waals surface area contributed by atoms with E-state index in [0.29, 0.717) is 0 Å². The highest BCUT2D eigenvalue weighted by atomic mass is 16.3. The summed E-state index contributed by atoms with van der Waals surface area (Å²) in [6, 6.07) is 0. The first-order valence-electron chi connectivity index (χ1n) is 4.55. The van der Waals surface area contributed by atoms with E-state index >= 15 is 0 Å². The van der Waals surface area contributed by atoms with E-state index in [9.17, 15) is 0 Å². The van der Waals surface area contributed by atoms with Crippen LogP contribution in [0.4, 0.5) is 0 Å². The lowest BCUT2D eigenvalue weighted by Gasteiger charge is -2.22. The van der Waals surface area contributed by atoms with Gasteiger partial charge in [-0.25, -0.2) is 0 Å². The number of rotatable bonds is 2. The van der Waals surface area contributed by atoms with Gasteiger partial charge in [0.1, 0.15) is 0 Å². The van der Waals surface area contributed by atoms with E-state index in [-0.39, 0.29) is 18.6 Å². The zero-order valence-corrected chi connectivity index (χ0v) is 7.64. The molecule has 0 aromatic heterocycles. The van der Waals surface area contributed by atoms with E-state index in [1.165, 1.54) is 12.8 Å². The van der Waals surface area contributed by atoms with Crippen molar-refractivity contribution in [1.29, 1.82) is 0 Å². The smallest absolute Gasteiger partial charge is 0.0509 e. The summed E-state index contributed by atoms with van der Waals surface area (Å²) in [6.45, 7) is 4.31. The fraction of sp³-hybridized carbons (Fsp3) is 1.00. The minimum atomic E-state index is -0.111. The average Bonchev–Trinajstić information content (AvgIpc) is 2.57. The quantitative estimate of drug-likeness (QED) is 0.643. The van der Waals surface area contributed by atoms with E-state index in [0.717, 1.165) is 12.8 Å². The third-order valence-electron chi connectivity index (χ3n) is 2.34. The van der Waals surface area contributed by atoms with Crippen LogP contribution in [-0.2, 0) is 0 Å². The molecule has 0 heterocycles. The zero-order valence-electron chi connectivity index (χ0n) is 7.64. The van der Waals surface area contributed by atoms with Gasteiger partial charge < -0.3 is 10.2 Å². The van der Waals surface area contributed by atoms with Gasteiger partial charge in [0.25, 0.3) is 0 Å². The van der Waals surface area contributed by atoms with Crippen molar-refractivity contribution in [3.8, 4) is 0 Å².